The van der Waals surface area contributed by atoms with Crippen LogP contribution >= 0.6 is 0 Å². The van der Waals surface area contributed by atoms with Crippen molar-refractivity contribution >= 4 is 17.5 Å². The zero-order valence-corrected chi connectivity index (χ0v) is 7.32. The van der Waals surface area contributed by atoms with E-state index in [1.807, 2.05) is 0 Å². The van der Waals surface area contributed by atoms with E-state index in [1.54, 1.807) is 0 Å². The van der Waals surface area contributed by atoms with Gasteiger partial charge in [0.1, 0.15) is 0 Å². The zero-order valence-electron chi connectivity index (χ0n) is 7.32. The summed E-state index contributed by atoms with van der Waals surface area (Å²) in [6.45, 7) is 3.28. The zero-order chi connectivity index (χ0) is 10.7. The highest BCUT2D eigenvalue weighted by Gasteiger charge is 2.20. The summed E-state index contributed by atoms with van der Waals surface area (Å²) in [5.41, 5.74) is 0.0672. The predicted molar refractivity (Wildman–Crippen MR) is 48.6 cm³/mol. The van der Waals surface area contributed by atoms with E-state index in [2.05, 4.69) is 6.58 Å². The lowest BCUT2D eigenvalue weighted by atomic mass is 9.96. The van der Waals surface area contributed by atoms with Crippen LogP contribution in [0.5, 0.6) is 0 Å². The third-order valence-corrected chi connectivity index (χ3v) is 1.77. The van der Waals surface area contributed by atoms with Crippen LogP contribution in [0, 0.1) is 0 Å². The topological polar surface area (TPSA) is 71.4 Å². The fourth-order valence-corrected chi connectivity index (χ4v) is 1.01. The Morgan fingerprint density at radius 2 is 2.07 bits per heavy atom. The maximum absolute atomic E-state index is 11.2. The molecule has 0 spiro atoms. The minimum Gasteiger partial charge on any atom is -0.478 e. The van der Waals surface area contributed by atoms with E-state index < -0.39 is 17.5 Å². The van der Waals surface area contributed by atoms with Gasteiger partial charge in [-0.1, -0.05) is 18.7 Å². The quantitative estimate of drug-likeness (QED) is 0.405. The van der Waals surface area contributed by atoms with Gasteiger partial charge in [0.2, 0.25) is 11.6 Å². The fraction of sp³-hybridized carbons (Fsp3) is 0.100. The van der Waals surface area contributed by atoms with Crippen molar-refractivity contribution in [2.45, 2.75) is 6.42 Å². The van der Waals surface area contributed by atoms with Gasteiger partial charge in [-0.2, -0.15) is 0 Å². The molecule has 0 aromatic carbocycles. The molecule has 4 nitrogen and oxygen atoms in total. The first-order valence-corrected chi connectivity index (χ1v) is 3.89. The first-order valence-electron chi connectivity index (χ1n) is 3.89. The molecule has 0 unspecified atom stereocenters. The molecule has 0 amide bonds. The van der Waals surface area contributed by atoms with Crippen LogP contribution in [-0.4, -0.2) is 22.6 Å². The van der Waals surface area contributed by atoms with Gasteiger partial charge in [0.05, 0.1) is 0 Å². The van der Waals surface area contributed by atoms with Crippen LogP contribution < -0.4 is 0 Å². The second-order valence-electron chi connectivity index (χ2n) is 2.83. The molecule has 4 heteroatoms. The Morgan fingerprint density at radius 1 is 1.43 bits per heavy atom. The molecule has 0 aliphatic heterocycles. The smallest absolute Gasteiger partial charge is 0.331 e. The van der Waals surface area contributed by atoms with Gasteiger partial charge in [-0.05, 0) is 6.08 Å². The Balaban J connectivity index is 2.80. The molecule has 0 bridgehead atoms. The number of allylic oxidation sites excluding steroid dienone is 4. The summed E-state index contributed by atoms with van der Waals surface area (Å²) < 4.78 is 0. The molecule has 72 valence electrons. The van der Waals surface area contributed by atoms with E-state index in [4.69, 9.17) is 5.11 Å². The van der Waals surface area contributed by atoms with E-state index >= 15 is 0 Å². The maximum atomic E-state index is 11.2. The summed E-state index contributed by atoms with van der Waals surface area (Å²) in [6.07, 6.45) is 3.91. The third kappa shape index (κ3) is 2.04. The lowest BCUT2D eigenvalue weighted by Gasteiger charge is -2.06. The van der Waals surface area contributed by atoms with Crippen molar-refractivity contribution in [3.8, 4) is 0 Å². The molecular formula is C10H8O4. The molecule has 0 fully saturated rings. The minimum atomic E-state index is -1.17. The van der Waals surface area contributed by atoms with Crippen LogP contribution in [0.25, 0.3) is 0 Å². The van der Waals surface area contributed by atoms with E-state index in [0.717, 1.165) is 6.08 Å². The fourth-order valence-electron chi connectivity index (χ4n) is 1.01. The van der Waals surface area contributed by atoms with Crippen molar-refractivity contribution in [3.63, 3.8) is 0 Å². The molecule has 0 radical (unpaired) electrons. The monoisotopic (exact) mass is 192 g/mol. The number of carboxylic acids is 1. The van der Waals surface area contributed by atoms with Crippen LogP contribution in [0.3, 0.4) is 0 Å². The van der Waals surface area contributed by atoms with Crippen LogP contribution in [0.2, 0.25) is 0 Å². The van der Waals surface area contributed by atoms with Gasteiger partial charge >= 0.3 is 5.97 Å². The summed E-state index contributed by atoms with van der Waals surface area (Å²) in [5, 5.41) is 8.52. The van der Waals surface area contributed by atoms with Crippen LogP contribution in [0.1, 0.15) is 6.42 Å². The first kappa shape index (κ1) is 10.1. The number of carbonyl (C=O) groups is 3. The molecule has 1 N–H and O–H groups in total. The highest BCUT2D eigenvalue weighted by molar-refractivity contribution is 6.48. The number of carboxylic acid groups (broad SMARTS) is 1. The first-order chi connectivity index (χ1) is 6.52. The van der Waals surface area contributed by atoms with Crippen LogP contribution in [0.4, 0.5) is 0 Å². The van der Waals surface area contributed by atoms with Gasteiger partial charge in [-0.3, -0.25) is 9.59 Å². The molecule has 1 rings (SSSR count). The van der Waals surface area contributed by atoms with Crippen molar-refractivity contribution in [2.24, 2.45) is 0 Å². The van der Waals surface area contributed by atoms with E-state index in [0.29, 0.717) is 0 Å². The second kappa shape index (κ2) is 3.83. The van der Waals surface area contributed by atoms with Gasteiger partial charge in [0.25, 0.3) is 0 Å². The van der Waals surface area contributed by atoms with E-state index in [1.165, 1.54) is 12.2 Å². The van der Waals surface area contributed by atoms with Gasteiger partial charge < -0.3 is 5.11 Å². The lowest BCUT2D eigenvalue weighted by Crippen LogP contribution is -2.17. The summed E-state index contributed by atoms with van der Waals surface area (Å²) in [6, 6.07) is 0. The minimum absolute atomic E-state index is 0.0930. The molecular weight excluding hydrogens is 184 g/mol. The lowest BCUT2D eigenvalue weighted by molar-refractivity contribution is -0.133. The second-order valence-corrected chi connectivity index (χ2v) is 2.83. The highest BCUT2D eigenvalue weighted by atomic mass is 16.4. The van der Waals surface area contributed by atoms with E-state index in [9.17, 15) is 14.4 Å². The number of hydrogen-bond donors (Lipinski definition) is 1. The largest absolute Gasteiger partial charge is 0.478 e. The molecule has 0 saturated heterocycles. The molecule has 14 heavy (non-hydrogen) atoms. The Kier molecular flexibility index (Phi) is 2.76. The summed E-state index contributed by atoms with van der Waals surface area (Å²) in [5.74, 6) is -2.45. The third-order valence-electron chi connectivity index (χ3n) is 1.77. The Morgan fingerprint density at radius 3 is 2.64 bits per heavy atom. The Labute approximate surface area is 80.2 Å². The average Bonchev–Trinajstić information content (AvgIpc) is 2.12. The van der Waals surface area contributed by atoms with Crippen molar-refractivity contribution < 1.29 is 19.5 Å². The van der Waals surface area contributed by atoms with Gasteiger partial charge in [-0.15, -0.1) is 0 Å². The van der Waals surface area contributed by atoms with Crippen LogP contribution in [0.15, 0.2) is 36.0 Å². The van der Waals surface area contributed by atoms with Gasteiger partial charge in [0, 0.05) is 17.6 Å². The van der Waals surface area contributed by atoms with Crippen molar-refractivity contribution in [1.82, 2.24) is 0 Å². The summed E-state index contributed by atoms with van der Waals surface area (Å²) in [7, 11) is 0. The summed E-state index contributed by atoms with van der Waals surface area (Å²) >= 11 is 0. The van der Waals surface area contributed by atoms with Gasteiger partial charge in [-0.25, -0.2) is 4.79 Å². The Hall–Kier alpha value is -1.97. The maximum Gasteiger partial charge on any atom is 0.331 e. The molecule has 0 saturated carbocycles. The standard InChI is InChI=1S/C10H8O4/c1-6(10(13)14)5-7-3-2-4-8(11)9(7)12/h2-4H,1,5H2,(H,13,14). The normalized spacial score (nSPS) is 15.3. The number of Topliss-reactive ketones (excluding diaryl/α,β-unsaturated/α-hetero) is 1. The Bertz CT molecular complexity index is 385. The molecule has 0 aromatic rings. The van der Waals surface area contributed by atoms with Crippen molar-refractivity contribution in [2.75, 3.05) is 0 Å². The SMILES string of the molecule is C=C(CC1=CC=CC(=O)C1=O)C(=O)O. The molecule has 1 aliphatic carbocycles. The van der Waals surface area contributed by atoms with Crippen molar-refractivity contribution in [3.05, 3.63) is 36.0 Å². The number of ketones is 2. The van der Waals surface area contributed by atoms with Crippen molar-refractivity contribution in [1.29, 1.82) is 0 Å². The number of carbonyl (C=O) groups excluding carboxylic acids is 2. The van der Waals surface area contributed by atoms with Crippen LogP contribution in [-0.2, 0) is 14.4 Å². The summed E-state index contributed by atoms with van der Waals surface area (Å²) in [4.78, 5) is 32.5. The predicted octanol–water partition coefficient (Wildman–Crippen LogP) is 0.652. The number of hydrogen-bond acceptors (Lipinski definition) is 3. The van der Waals surface area contributed by atoms with E-state index in [-0.39, 0.29) is 17.6 Å². The molecule has 0 aromatic heterocycles. The highest BCUT2D eigenvalue weighted by Crippen LogP contribution is 2.14. The molecule has 0 heterocycles. The average molecular weight is 192 g/mol. The molecule has 0 atom stereocenters. The number of aliphatic carboxylic acids is 1. The van der Waals surface area contributed by atoms with Gasteiger partial charge in [0.15, 0.2) is 0 Å². The number of rotatable bonds is 3. The molecule has 1 aliphatic rings.